The maximum absolute atomic E-state index is 4.31. The smallest absolute Gasteiger partial charge is 0.159 e. The molecule has 2 heterocycles. The van der Waals surface area contributed by atoms with E-state index in [4.69, 9.17) is 0 Å². The number of hydrogen-bond acceptors (Lipinski definition) is 0. The quantitative estimate of drug-likeness (QED) is 0.172. The summed E-state index contributed by atoms with van der Waals surface area (Å²) < 4.78 is 4.69. The van der Waals surface area contributed by atoms with Gasteiger partial charge in [-0.15, -0.1) is 12.1 Å². The molecule has 1 nitrogen and oxygen atoms in total. The summed E-state index contributed by atoms with van der Waals surface area (Å²) >= 11 is 1.89. The summed E-state index contributed by atoms with van der Waals surface area (Å²) in [4.78, 5) is 0. The Labute approximate surface area is 195 Å². The number of hydrogen-bond donors (Lipinski definition) is 0. The fourth-order valence-corrected chi connectivity index (χ4v) is 5.93. The number of benzene rings is 3. The summed E-state index contributed by atoms with van der Waals surface area (Å²) in [6.07, 6.45) is 7.69. The second kappa shape index (κ2) is 7.79. The van der Waals surface area contributed by atoms with Gasteiger partial charge < -0.3 is 0 Å². The Balaban J connectivity index is 1.67. The predicted molar refractivity (Wildman–Crippen MR) is 141 cm³/mol. The average molecular weight is 436 g/mol. The third kappa shape index (κ3) is 3.80. The number of thiophene rings is 1. The first kappa shape index (κ1) is 20.8. The molecule has 0 N–H and O–H groups in total. The highest BCUT2D eigenvalue weighted by Gasteiger charge is 2.26. The molecule has 4 aromatic rings. The molecule has 5 rings (SSSR count). The van der Waals surface area contributed by atoms with Gasteiger partial charge in [0.15, 0.2) is 15.4 Å². The molecule has 0 saturated carbocycles. The Morgan fingerprint density at radius 1 is 0.969 bits per heavy atom. The molecule has 3 aromatic carbocycles. The molecule has 0 fully saturated rings. The minimum atomic E-state index is 0.247. The zero-order valence-corrected chi connectivity index (χ0v) is 20.1. The molecular weight excluding hydrogens is 406 g/mol. The second-order valence-corrected chi connectivity index (χ2v) is 11.0. The molecule has 0 aliphatic carbocycles. The van der Waals surface area contributed by atoms with Crippen LogP contribution in [0.3, 0.4) is 0 Å². The van der Waals surface area contributed by atoms with Crippen LogP contribution in [0.25, 0.3) is 31.3 Å². The van der Waals surface area contributed by atoms with Crippen LogP contribution in [0, 0.1) is 18.4 Å². The molecule has 0 atom stereocenters. The van der Waals surface area contributed by atoms with Crippen LogP contribution in [-0.4, -0.2) is 11.3 Å². The summed E-state index contributed by atoms with van der Waals surface area (Å²) in [5, 5.41) is 2.65. The van der Waals surface area contributed by atoms with Gasteiger partial charge in [-0.3, -0.25) is 4.58 Å². The number of nitrogens with zero attached hydrogens (tertiary/aromatic N) is 1. The van der Waals surface area contributed by atoms with E-state index in [1.165, 1.54) is 54.0 Å². The maximum atomic E-state index is 4.31. The molecule has 0 amide bonds. The van der Waals surface area contributed by atoms with Crippen molar-refractivity contribution in [1.82, 2.24) is 0 Å². The topological polar surface area (TPSA) is 3.01 Å². The van der Waals surface area contributed by atoms with Gasteiger partial charge in [0.25, 0.3) is 0 Å². The van der Waals surface area contributed by atoms with Crippen molar-refractivity contribution in [2.75, 3.05) is 0 Å². The lowest BCUT2D eigenvalue weighted by molar-refractivity contribution is -0.417. The minimum absolute atomic E-state index is 0.247. The molecule has 0 radical (unpaired) electrons. The number of aryl methyl sites for hydroxylation is 1. The molecule has 1 aliphatic heterocycles. The van der Waals surface area contributed by atoms with Crippen LogP contribution in [0.2, 0.25) is 0 Å². The van der Waals surface area contributed by atoms with Gasteiger partial charge in [0, 0.05) is 5.56 Å². The van der Waals surface area contributed by atoms with Crippen molar-refractivity contribution in [2.45, 2.75) is 34.1 Å². The molecule has 160 valence electrons. The van der Waals surface area contributed by atoms with Crippen LogP contribution in [0.1, 0.15) is 38.3 Å². The van der Waals surface area contributed by atoms with Crippen LogP contribution in [0.4, 0.5) is 0 Å². The Kier molecular flexibility index (Phi) is 5.06. The van der Waals surface area contributed by atoms with E-state index >= 15 is 0 Å². The van der Waals surface area contributed by atoms with E-state index in [2.05, 4.69) is 113 Å². The molecule has 0 spiro atoms. The van der Waals surface area contributed by atoms with E-state index in [0.717, 1.165) is 6.42 Å². The Bertz CT molecular complexity index is 1390. The van der Waals surface area contributed by atoms with Gasteiger partial charge >= 0.3 is 0 Å². The lowest BCUT2D eigenvalue weighted by atomic mass is 9.85. The van der Waals surface area contributed by atoms with E-state index in [-0.39, 0.29) is 5.41 Å². The van der Waals surface area contributed by atoms with E-state index in [9.17, 15) is 0 Å². The van der Waals surface area contributed by atoms with Crippen LogP contribution in [0.5, 0.6) is 0 Å². The summed E-state index contributed by atoms with van der Waals surface area (Å²) in [6.45, 7) is 13.4. The second-order valence-electron chi connectivity index (χ2n) is 9.94. The Morgan fingerprint density at radius 3 is 2.50 bits per heavy atom. The van der Waals surface area contributed by atoms with Crippen molar-refractivity contribution in [3.8, 4) is 11.1 Å². The van der Waals surface area contributed by atoms with E-state index < -0.39 is 0 Å². The zero-order chi connectivity index (χ0) is 22.5. The van der Waals surface area contributed by atoms with Crippen LogP contribution < -0.4 is 0 Å². The highest BCUT2D eigenvalue weighted by atomic mass is 32.1. The van der Waals surface area contributed by atoms with Gasteiger partial charge in [-0.2, -0.15) is 0 Å². The summed E-state index contributed by atoms with van der Waals surface area (Å²) in [6, 6.07) is 23.2. The van der Waals surface area contributed by atoms with Crippen LogP contribution >= 0.6 is 11.3 Å². The van der Waals surface area contributed by atoms with Gasteiger partial charge in [0.2, 0.25) is 0 Å². The van der Waals surface area contributed by atoms with E-state index in [1.807, 2.05) is 15.9 Å². The third-order valence-electron chi connectivity index (χ3n) is 6.05. The molecule has 1 aliphatic rings. The lowest BCUT2D eigenvalue weighted by Crippen LogP contribution is -2.17. The normalized spacial score (nSPS) is 14.4. The minimum Gasteiger partial charge on any atom is -0.255 e. The summed E-state index contributed by atoms with van der Waals surface area (Å²) in [7, 11) is 0. The van der Waals surface area contributed by atoms with Gasteiger partial charge in [-0.1, -0.05) is 110 Å². The fourth-order valence-electron chi connectivity index (χ4n) is 4.58. The van der Waals surface area contributed by atoms with Crippen molar-refractivity contribution in [1.29, 1.82) is 0 Å². The number of allylic oxidation sites excluding steroid dienone is 2. The van der Waals surface area contributed by atoms with Gasteiger partial charge in [0.1, 0.15) is 17.5 Å². The monoisotopic (exact) mass is 435 g/mol. The molecule has 2 heteroatoms. The van der Waals surface area contributed by atoms with E-state index in [0.29, 0.717) is 0 Å². The van der Waals surface area contributed by atoms with E-state index in [1.54, 1.807) is 0 Å². The predicted octanol–water partition coefficient (Wildman–Crippen LogP) is 8.51. The van der Waals surface area contributed by atoms with Gasteiger partial charge in [-0.05, 0) is 23.3 Å². The Hall–Kier alpha value is -3.10. The largest absolute Gasteiger partial charge is 0.255 e. The van der Waals surface area contributed by atoms with Crippen molar-refractivity contribution < 1.29 is 4.58 Å². The molecular formula is C30H29NS. The lowest BCUT2D eigenvalue weighted by Gasteiger charge is -2.25. The first-order chi connectivity index (χ1) is 15.3. The standard InChI is InChI=1S/C30H29NS/c1-20-11-13-25-24-14-12-23(22-9-7-6-8-10-22)18-27(24)32-29(25)28(20)26-17-21(15-16-31(26)5)19-30(2,3)4/h6-18H,5,19H2,1-4H3. The molecule has 0 bridgehead atoms. The van der Waals surface area contributed by atoms with Crippen molar-refractivity contribution >= 4 is 38.2 Å². The van der Waals surface area contributed by atoms with Crippen molar-refractivity contribution in [2.24, 2.45) is 5.41 Å². The molecule has 32 heavy (non-hydrogen) atoms. The maximum Gasteiger partial charge on any atom is 0.159 e. The third-order valence-corrected chi connectivity index (χ3v) is 7.23. The SMILES string of the molecule is C=[N+]1C=CC(CC(C)(C)C)=C[C-]1c1c(C)ccc2c1[s+][c-]1cc(-c3ccccc3)ccc21. The van der Waals surface area contributed by atoms with Gasteiger partial charge in [-0.25, -0.2) is 0 Å². The number of fused-ring (bicyclic) bond motifs is 3. The summed E-state index contributed by atoms with van der Waals surface area (Å²) in [5.41, 5.74) is 6.72. The average Bonchev–Trinajstić information content (AvgIpc) is 3.12. The Morgan fingerprint density at radius 2 is 1.75 bits per heavy atom. The van der Waals surface area contributed by atoms with Crippen molar-refractivity contribution in [3.05, 3.63) is 102 Å². The summed E-state index contributed by atoms with van der Waals surface area (Å²) in [5.74, 6) is 0. The van der Waals surface area contributed by atoms with Gasteiger partial charge in [0.05, 0.1) is 6.72 Å². The fraction of sp³-hybridized carbons (Fsp3) is 0.200. The molecule has 1 aromatic heterocycles. The number of rotatable bonds is 3. The van der Waals surface area contributed by atoms with Crippen molar-refractivity contribution in [3.63, 3.8) is 0 Å². The molecule has 0 saturated heterocycles. The first-order valence-corrected chi connectivity index (χ1v) is 12.0. The van der Waals surface area contributed by atoms with Crippen LogP contribution in [0.15, 0.2) is 84.6 Å². The molecule has 0 unspecified atom stereocenters. The highest BCUT2D eigenvalue weighted by molar-refractivity contribution is 7.26. The highest BCUT2D eigenvalue weighted by Crippen LogP contribution is 2.42. The van der Waals surface area contributed by atoms with Crippen LogP contribution in [-0.2, 0) is 0 Å². The first-order valence-electron chi connectivity index (χ1n) is 11.2. The zero-order valence-electron chi connectivity index (χ0n) is 19.3.